The summed E-state index contributed by atoms with van der Waals surface area (Å²) in [6.45, 7) is 10.0. The lowest BCUT2D eigenvalue weighted by molar-refractivity contribution is 0.119. The molecule has 0 saturated heterocycles. The lowest BCUT2D eigenvalue weighted by Crippen LogP contribution is -2.22. The van der Waals surface area contributed by atoms with Gasteiger partial charge in [0.25, 0.3) is 0 Å². The Bertz CT molecular complexity index is 203. The highest BCUT2D eigenvalue weighted by atomic mass is 16.3. The zero-order valence-electron chi connectivity index (χ0n) is 8.12. The highest BCUT2D eigenvalue weighted by molar-refractivity contribution is 5.17. The van der Waals surface area contributed by atoms with Gasteiger partial charge >= 0.3 is 0 Å². The summed E-state index contributed by atoms with van der Waals surface area (Å²) in [5.74, 6) is 1.28. The molecule has 12 heavy (non-hydrogen) atoms. The van der Waals surface area contributed by atoms with Gasteiger partial charge < -0.3 is 5.11 Å². The highest BCUT2D eigenvalue weighted by Gasteiger charge is 2.30. The van der Waals surface area contributed by atoms with Crippen molar-refractivity contribution in [2.75, 3.05) is 0 Å². The van der Waals surface area contributed by atoms with E-state index < -0.39 is 0 Å². The van der Waals surface area contributed by atoms with E-state index in [-0.39, 0.29) is 6.10 Å². The second kappa shape index (κ2) is 3.44. The van der Waals surface area contributed by atoms with Crippen LogP contribution in [0.4, 0.5) is 0 Å². The molecule has 0 aromatic heterocycles. The van der Waals surface area contributed by atoms with Crippen molar-refractivity contribution in [1.29, 1.82) is 0 Å². The van der Waals surface area contributed by atoms with Crippen LogP contribution in [0.25, 0.3) is 0 Å². The Labute approximate surface area is 74.8 Å². The molecule has 0 saturated carbocycles. The van der Waals surface area contributed by atoms with Crippen LogP contribution in [-0.2, 0) is 0 Å². The average molecular weight is 166 g/mol. The smallest absolute Gasteiger partial charge is 0.0577 e. The topological polar surface area (TPSA) is 20.2 Å². The maximum absolute atomic E-state index is 9.44. The molecule has 0 fully saturated rings. The van der Waals surface area contributed by atoms with Crippen LogP contribution in [0, 0.1) is 17.8 Å². The second-order valence-electron chi connectivity index (χ2n) is 3.93. The van der Waals surface area contributed by atoms with Gasteiger partial charge in [0.2, 0.25) is 0 Å². The quantitative estimate of drug-likeness (QED) is 0.624. The summed E-state index contributed by atoms with van der Waals surface area (Å²) in [7, 11) is 0. The Morgan fingerprint density at radius 1 is 1.50 bits per heavy atom. The molecule has 0 aromatic rings. The van der Waals surface area contributed by atoms with Crippen LogP contribution in [0.3, 0.4) is 0 Å². The summed E-state index contributed by atoms with van der Waals surface area (Å²) in [5.41, 5.74) is 1.20. The van der Waals surface area contributed by atoms with Gasteiger partial charge in [0.15, 0.2) is 0 Å². The zero-order chi connectivity index (χ0) is 9.30. The lowest BCUT2D eigenvalue weighted by atomic mass is 9.84. The van der Waals surface area contributed by atoms with Crippen molar-refractivity contribution < 1.29 is 5.11 Å². The van der Waals surface area contributed by atoms with Crippen molar-refractivity contribution in [3.63, 3.8) is 0 Å². The van der Waals surface area contributed by atoms with Crippen LogP contribution < -0.4 is 0 Å². The van der Waals surface area contributed by atoms with Crippen molar-refractivity contribution >= 4 is 0 Å². The van der Waals surface area contributed by atoms with Gasteiger partial charge in [-0.05, 0) is 19.8 Å². The molecule has 0 bridgehead atoms. The van der Waals surface area contributed by atoms with E-state index in [0.29, 0.717) is 17.8 Å². The molecule has 1 aliphatic rings. The molecule has 0 amide bonds. The van der Waals surface area contributed by atoms with E-state index in [1.807, 2.05) is 6.92 Å². The first-order valence-electron chi connectivity index (χ1n) is 4.56. The van der Waals surface area contributed by atoms with E-state index in [9.17, 15) is 5.11 Å². The van der Waals surface area contributed by atoms with Gasteiger partial charge in [-0.15, -0.1) is 0 Å². The Balaban J connectivity index is 2.68. The van der Waals surface area contributed by atoms with Crippen molar-refractivity contribution in [3.05, 3.63) is 24.3 Å². The third kappa shape index (κ3) is 1.61. The van der Waals surface area contributed by atoms with Gasteiger partial charge in [0.05, 0.1) is 6.10 Å². The molecule has 1 aliphatic carbocycles. The van der Waals surface area contributed by atoms with Crippen LogP contribution in [0.2, 0.25) is 0 Å². The first kappa shape index (κ1) is 9.53. The minimum absolute atomic E-state index is 0.236. The predicted octanol–water partition coefficient (Wildman–Crippen LogP) is 2.38. The molecule has 0 aromatic carbocycles. The minimum Gasteiger partial charge on any atom is -0.393 e. The Hall–Kier alpha value is -0.560. The molecule has 1 nitrogen and oxygen atoms in total. The van der Waals surface area contributed by atoms with Gasteiger partial charge in [0, 0.05) is 11.8 Å². The molecule has 4 atom stereocenters. The summed E-state index contributed by atoms with van der Waals surface area (Å²) >= 11 is 0. The average Bonchev–Trinajstić information content (AvgIpc) is 2.30. The van der Waals surface area contributed by atoms with Gasteiger partial charge in [-0.2, -0.15) is 0 Å². The minimum atomic E-state index is -0.236. The van der Waals surface area contributed by atoms with Crippen LogP contribution in [0.15, 0.2) is 24.3 Å². The van der Waals surface area contributed by atoms with E-state index in [4.69, 9.17) is 0 Å². The summed E-state index contributed by atoms with van der Waals surface area (Å²) in [5, 5.41) is 9.44. The standard InChI is InChI=1S/C11H18O/c1-7(2)10-5-6-11(8(10)3)9(4)12/h5-6,8-12H,1H2,2-4H3/t8-,9?,10?,11+/m0/s1. The monoisotopic (exact) mass is 166 g/mol. The molecule has 0 heterocycles. The van der Waals surface area contributed by atoms with E-state index in [1.54, 1.807) is 0 Å². The first-order chi connectivity index (χ1) is 5.54. The zero-order valence-corrected chi connectivity index (χ0v) is 8.12. The third-order valence-electron chi connectivity index (χ3n) is 2.84. The molecule has 2 unspecified atom stereocenters. The van der Waals surface area contributed by atoms with E-state index in [1.165, 1.54) is 5.57 Å². The molecule has 0 spiro atoms. The first-order valence-corrected chi connectivity index (χ1v) is 4.56. The summed E-state index contributed by atoms with van der Waals surface area (Å²) in [6, 6.07) is 0. The van der Waals surface area contributed by atoms with Crippen LogP contribution in [0.5, 0.6) is 0 Å². The fourth-order valence-electron chi connectivity index (χ4n) is 2.05. The lowest BCUT2D eigenvalue weighted by Gasteiger charge is -2.23. The molecule has 68 valence electrons. The summed E-state index contributed by atoms with van der Waals surface area (Å²) in [6.07, 6.45) is 4.06. The normalized spacial score (nSPS) is 36.8. The van der Waals surface area contributed by atoms with Crippen molar-refractivity contribution in [3.8, 4) is 0 Å². The molecular weight excluding hydrogens is 148 g/mol. The van der Waals surface area contributed by atoms with Crippen molar-refractivity contribution in [2.24, 2.45) is 17.8 Å². The number of rotatable bonds is 2. The largest absolute Gasteiger partial charge is 0.393 e. The SMILES string of the molecule is C=C(C)C1C=C[C@@H](C(C)O)[C@H]1C. The fraction of sp³-hybridized carbons (Fsp3) is 0.636. The molecular formula is C11H18O. The van der Waals surface area contributed by atoms with Crippen molar-refractivity contribution in [1.82, 2.24) is 0 Å². The van der Waals surface area contributed by atoms with Gasteiger partial charge in [0.1, 0.15) is 0 Å². The molecule has 0 aliphatic heterocycles. The number of aliphatic hydroxyl groups is 1. The summed E-state index contributed by atoms with van der Waals surface area (Å²) in [4.78, 5) is 0. The molecule has 1 N–H and O–H groups in total. The number of allylic oxidation sites excluding steroid dienone is 2. The van der Waals surface area contributed by atoms with Crippen LogP contribution in [0.1, 0.15) is 20.8 Å². The van der Waals surface area contributed by atoms with Gasteiger partial charge in [-0.3, -0.25) is 0 Å². The Kier molecular flexibility index (Phi) is 2.73. The Morgan fingerprint density at radius 2 is 2.08 bits per heavy atom. The summed E-state index contributed by atoms with van der Waals surface area (Å²) < 4.78 is 0. The maximum atomic E-state index is 9.44. The molecule has 1 heteroatoms. The fourth-order valence-corrected chi connectivity index (χ4v) is 2.05. The number of hydrogen-bond donors (Lipinski definition) is 1. The van der Waals surface area contributed by atoms with Gasteiger partial charge in [-0.25, -0.2) is 0 Å². The molecule has 1 rings (SSSR count). The highest BCUT2D eigenvalue weighted by Crippen LogP contribution is 2.36. The number of aliphatic hydroxyl groups excluding tert-OH is 1. The van der Waals surface area contributed by atoms with Crippen molar-refractivity contribution in [2.45, 2.75) is 26.9 Å². The van der Waals surface area contributed by atoms with E-state index in [2.05, 4.69) is 32.6 Å². The van der Waals surface area contributed by atoms with Crippen LogP contribution >= 0.6 is 0 Å². The Morgan fingerprint density at radius 3 is 2.33 bits per heavy atom. The number of hydrogen-bond acceptors (Lipinski definition) is 1. The predicted molar refractivity (Wildman–Crippen MR) is 51.8 cm³/mol. The van der Waals surface area contributed by atoms with Gasteiger partial charge in [-0.1, -0.05) is 31.2 Å². The van der Waals surface area contributed by atoms with E-state index >= 15 is 0 Å². The molecule has 0 radical (unpaired) electrons. The van der Waals surface area contributed by atoms with Crippen LogP contribution in [-0.4, -0.2) is 11.2 Å². The third-order valence-corrected chi connectivity index (χ3v) is 2.84. The second-order valence-corrected chi connectivity index (χ2v) is 3.93. The van der Waals surface area contributed by atoms with E-state index in [0.717, 1.165) is 0 Å². The maximum Gasteiger partial charge on any atom is 0.0577 e.